The van der Waals surface area contributed by atoms with Crippen molar-refractivity contribution < 1.29 is 5.11 Å². The molecule has 1 fully saturated rings. The van der Waals surface area contributed by atoms with Gasteiger partial charge in [-0.2, -0.15) is 11.8 Å². The van der Waals surface area contributed by atoms with E-state index in [0.717, 1.165) is 24.8 Å². The molecule has 0 aliphatic heterocycles. The SMILES string of the molecule is CSCC(C)(O)CNCCC1CCCCC1. The summed E-state index contributed by atoms with van der Waals surface area (Å²) in [5, 5.41) is 13.4. The van der Waals surface area contributed by atoms with Crippen molar-refractivity contribution in [1.82, 2.24) is 5.32 Å². The Balaban J connectivity index is 2.02. The molecular formula is C13H27NOS. The highest BCUT2D eigenvalue weighted by atomic mass is 32.2. The van der Waals surface area contributed by atoms with E-state index in [1.807, 2.05) is 13.2 Å². The molecule has 1 unspecified atom stereocenters. The Morgan fingerprint density at radius 1 is 1.31 bits per heavy atom. The molecule has 1 saturated carbocycles. The molecule has 16 heavy (non-hydrogen) atoms. The van der Waals surface area contributed by atoms with Crippen molar-refractivity contribution in [2.75, 3.05) is 25.1 Å². The molecule has 0 aromatic heterocycles. The normalized spacial score (nSPS) is 21.9. The minimum atomic E-state index is -0.550. The Kier molecular flexibility index (Phi) is 6.78. The van der Waals surface area contributed by atoms with Gasteiger partial charge in [-0.3, -0.25) is 0 Å². The largest absolute Gasteiger partial charge is 0.388 e. The van der Waals surface area contributed by atoms with Gasteiger partial charge in [-0.15, -0.1) is 0 Å². The predicted molar refractivity (Wildman–Crippen MR) is 73.1 cm³/mol. The van der Waals surface area contributed by atoms with E-state index < -0.39 is 5.60 Å². The summed E-state index contributed by atoms with van der Waals surface area (Å²) >= 11 is 1.70. The van der Waals surface area contributed by atoms with Crippen molar-refractivity contribution in [3.8, 4) is 0 Å². The zero-order valence-corrected chi connectivity index (χ0v) is 11.6. The fourth-order valence-corrected chi connectivity index (χ4v) is 3.23. The van der Waals surface area contributed by atoms with Crippen LogP contribution in [0.15, 0.2) is 0 Å². The topological polar surface area (TPSA) is 32.3 Å². The minimum absolute atomic E-state index is 0.550. The van der Waals surface area contributed by atoms with E-state index in [0.29, 0.717) is 0 Å². The van der Waals surface area contributed by atoms with Gasteiger partial charge in [-0.05, 0) is 32.1 Å². The number of thioether (sulfide) groups is 1. The Bertz CT molecular complexity index is 179. The van der Waals surface area contributed by atoms with Gasteiger partial charge in [0.25, 0.3) is 0 Å². The van der Waals surface area contributed by atoms with Gasteiger partial charge in [0.15, 0.2) is 0 Å². The number of hydrogen-bond acceptors (Lipinski definition) is 3. The van der Waals surface area contributed by atoms with Crippen LogP contribution in [0.1, 0.15) is 45.4 Å². The van der Waals surface area contributed by atoms with Gasteiger partial charge in [-0.25, -0.2) is 0 Å². The summed E-state index contributed by atoms with van der Waals surface area (Å²) in [5.74, 6) is 1.75. The second-order valence-electron chi connectivity index (χ2n) is 5.40. The molecule has 0 aromatic rings. The maximum atomic E-state index is 9.97. The van der Waals surface area contributed by atoms with E-state index in [4.69, 9.17) is 0 Å². The lowest BCUT2D eigenvalue weighted by Crippen LogP contribution is -2.40. The van der Waals surface area contributed by atoms with E-state index in [-0.39, 0.29) is 0 Å². The first-order valence-corrected chi connectivity index (χ1v) is 7.95. The highest BCUT2D eigenvalue weighted by Gasteiger charge is 2.19. The molecule has 0 radical (unpaired) electrons. The standard InChI is InChI=1S/C13H27NOS/c1-13(15,11-16-2)10-14-9-8-12-6-4-3-5-7-12/h12,14-15H,3-11H2,1-2H3. The molecule has 2 nitrogen and oxygen atoms in total. The van der Waals surface area contributed by atoms with Gasteiger partial charge in [-0.1, -0.05) is 32.1 Å². The highest BCUT2D eigenvalue weighted by Crippen LogP contribution is 2.25. The zero-order chi connectivity index (χ0) is 11.9. The second-order valence-corrected chi connectivity index (χ2v) is 6.27. The monoisotopic (exact) mass is 245 g/mol. The third-order valence-electron chi connectivity index (χ3n) is 3.42. The van der Waals surface area contributed by atoms with E-state index >= 15 is 0 Å². The van der Waals surface area contributed by atoms with Crippen molar-refractivity contribution in [2.45, 2.75) is 51.0 Å². The third kappa shape index (κ3) is 6.12. The van der Waals surface area contributed by atoms with Crippen molar-refractivity contribution in [2.24, 2.45) is 5.92 Å². The first-order valence-electron chi connectivity index (χ1n) is 6.56. The first-order chi connectivity index (χ1) is 7.64. The Morgan fingerprint density at radius 2 is 2.00 bits per heavy atom. The lowest BCUT2D eigenvalue weighted by Gasteiger charge is -2.25. The molecule has 0 aromatic carbocycles. The summed E-state index contributed by atoms with van der Waals surface area (Å²) < 4.78 is 0. The van der Waals surface area contributed by atoms with Crippen molar-refractivity contribution >= 4 is 11.8 Å². The molecular weight excluding hydrogens is 218 g/mol. The fourth-order valence-electron chi connectivity index (χ4n) is 2.50. The Labute approximate surface area is 105 Å². The van der Waals surface area contributed by atoms with Crippen molar-refractivity contribution in [1.29, 1.82) is 0 Å². The van der Waals surface area contributed by atoms with Gasteiger partial charge in [0.2, 0.25) is 0 Å². The number of aliphatic hydroxyl groups is 1. The summed E-state index contributed by atoms with van der Waals surface area (Å²) in [6, 6.07) is 0. The average molecular weight is 245 g/mol. The second kappa shape index (κ2) is 7.57. The summed E-state index contributed by atoms with van der Waals surface area (Å²) in [6.07, 6.45) is 10.5. The smallest absolute Gasteiger partial charge is 0.0833 e. The molecule has 0 spiro atoms. The number of rotatable bonds is 7. The highest BCUT2D eigenvalue weighted by molar-refractivity contribution is 7.98. The van der Waals surface area contributed by atoms with Crippen LogP contribution >= 0.6 is 11.8 Å². The summed E-state index contributed by atoms with van der Waals surface area (Å²) in [4.78, 5) is 0. The summed E-state index contributed by atoms with van der Waals surface area (Å²) in [6.45, 7) is 3.70. The summed E-state index contributed by atoms with van der Waals surface area (Å²) in [7, 11) is 0. The molecule has 96 valence electrons. The van der Waals surface area contributed by atoms with E-state index in [9.17, 15) is 5.11 Å². The maximum Gasteiger partial charge on any atom is 0.0833 e. The molecule has 0 bridgehead atoms. The summed E-state index contributed by atoms with van der Waals surface area (Å²) in [5.41, 5.74) is -0.550. The van der Waals surface area contributed by atoms with Gasteiger partial charge in [0, 0.05) is 12.3 Å². The van der Waals surface area contributed by atoms with Crippen LogP contribution in [-0.4, -0.2) is 35.8 Å². The molecule has 1 atom stereocenters. The van der Waals surface area contributed by atoms with Crippen LogP contribution in [0.25, 0.3) is 0 Å². The van der Waals surface area contributed by atoms with Crippen LogP contribution in [0.3, 0.4) is 0 Å². The van der Waals surface area contributed by atoms with Gasteiger partial charge in [0.05, 0.1) is 5.60 Å². The lowest BCUT2D eigenvalue weighted by molar-refractivity contribution is 0.0844. The van der Waals surface area contributed by atoms with Crippen LogP contribution in [0.5, 0.6) is 0 Å². The lowest BCUT2D eigenvalue weighted by atomic mass is 9.87. The van der Waals surface area contributed by atoms with Crippen LogP contribution in [0.2, 0.25) is 0 Å². The van der Waals surface area contributed by atoms with Crippen LogP contribution in [0.4, 0.5) is 0 Å². The van der Waals surface area contributed by atoms with Crippen molar-refractivity contribution in [3.05, 3.63) is 0 Å². The van der Waals surface area contributed by atoms with Crippen LogP contribution < -0.4 is 5.32 Å². The molecule has 0 saturated heterocycles. The van der Waals surface area contributed by atoms with Crippen molar-refractivity contribution in [3.63, 3.8) is 0 Å². The van der Waals surface area contributed by atoms with E-state index in [1.165, 1.54) is 38.5 Å². The first kappa shape index (κ1) is 14.3. The third-order valence-corrected chi connectivity index (χ3v) is 4.33. The maximum absolute atomic E-state index is 9.97. The molecule has 1 rings (SSSR count). The van der Waals surface area contributed by atoms with Gasteiger partial charge < -0.3 is 10.4 Å². The predicted octanol–water partition coefficient (Wildman–Crippen LogP) is 2.66. The average Bonchev–Trinajstić information content (AvgIpc) is 2.26. The molecule has 1 aliphatic rings. The quantitative estimate of drug-likeness (QED) is 0.676. The zero-order valence-electron chi connectivity index (χ0n) is 10.8. The molecule has 1 aliphatic carbocycles. The number of hydrogen-bond donors (Lipinski definition) is 2. The van der Waals surface area contributed by atoms with Gasteiger partial charge >= 0.3 is 0 Å². The fraction of sp³-hybridized carbons (Fsp3) is 1.00. The van der Waals surface area contributed by atoms with Crippen LogP contribution in [0, 0.1) is 5.92 Å². The Morgan fingerprint density at radius 3 is 2.62 bits per heavy atom. The van der Waals surface area contributed by atoms with Gasteiger partial charge in [0.1, 0.15) is 0 Å². The number of nitrogens with one attached hydrogen (secondary N) is 1. The molecule has 0 amide bonds. The minimum Gasteiger partial charge on any atom is -0.388 e. The molecule has 2 N–H and O–H groups in total. The van der Waals surface area contributed by atoms with Crippen LogP contribution in [-0.2, 0) is 0 Å². The molecule has 3 heteroatoms. The van der Waals surface area contributed by atoms with E-state index in [2.05, 4.69) is 5.32 Å². The Hall–Kier alpha value is 0.270. The molecule has 0 heterocycles. The van der Waals surface area contributed by atoms with E-state index in [1.54, 1.807) is 11.8 Å².